The fourth-order valence-corrected chi connectivity index (χ4v) is 3.91. The van der Waals surface area contributed by atoms with E-state index >= 15 is 0 Å². The summed E-state index contributed by atoms with van der Waals surface area (Å²) in [7, 11) is -2.91. The van der Waals surface area contributed by atoms with Crippen LogP contribution in [-0.4, -0.2) is 54.8 Å². The molecule has 0 aromatic heterocycles. The first-order chi connectivity index (χ1) is 6.67. The van der Waals surface area contributed by atoms with Crippen molar-refractivity contribution in [3.05, 3.63) is 0 Å². The standard InChI is InChI=1S/C8H17NO3S2/c10-5-2-6-13-7-4-9-3-1-8-14(9,11)12/h10H,1-8H2. The monoisotopic (exact) mass is 239 g/mol. The van der Waals surface area contributed by atoms with Crippen molar-refractivity contribution in [3.63, 3.8) is 0 Å². The molecule has 14 heavy (non-hydrogen) atoms. The van der Waals surface area contributed by atoms with Crippen LogP contribution in [0.25, 0.3) is 0 Å². The van der Waals surface area contributed by atoms with E-state index in [9.17, 15) is 8.42 Å². The molecular formula is C8H17NO3S2. The van der Waals surface area contributed by atoms with E-state index in [0.717, 1.165) is 24.3 Å². The molecule has 0 aromatic rings. The summed E-state index contributed by atoms with van der Waals surface area (Å²) in [4.78, 5) is 0. The Balaban J connectivity index is 2.13. The van der Waals surface area contributed by atoms with Gasteiger partial charge in [0, 0.05) is 25.4 Å². The quantitative estimate of drug-likeness (QED) is 0.670. The molecule has 0 spiro atoms. The predicted octanol–water partition coefficient (Wildman–Crippen LogP) is 0.138. The lowest BCUT2D eigenvalue weighted by molar-refractivity contribution is 0.296. The molecule has 0 unspecified atom stereocenters. The third-order valence-corrected chi connectivity index (χ3v) is 5.14. The second-order valence-electron chi connectivity index (χ2n) is 3.26. The smallest absolute Gasteiger partial charge is 0.214 e. The molecule has 84 valence electrons. The summed E-state index contributed by atoms with van der Waals surface area (Å²) in [5.41, 5.74) is 0. The average Bonchev–Trinajstić information content (AvgIpc) is 2.45. The number of nitrogens with zero attached hydrogens (tertiary/aromatic N) is 1. The van der Waals surface area contributed by atoms with Crippen molar-refractivity contribution in [3.8, 4) is 0 Å². The SMILES string of the molecule is O=S1(=O)CCCN1CCSCCCO. The number of hydrogen-bond acceptors (Lipinski definition) is 4. The number of sulfonamides is 1. The minimum atomic E-state index is -2.91. The van der Waals surface area contributed by atoms with E-state index in [1.807, 2.05) is 0 Å². The van der Waals surface area contributed by atoms with Gasteiger partial charge in [0.1, 0.15) is 0 Å². The molecule has 0 bridgehead atoms. The Morgan fingerprint density at radius 3 is 2.71 bits per heavy atom. The highest BCUT2D eigenvalue weighted by Crippen LogP contribution is 2.14. The van der Waals surface area contributed by atoms with Gasteiger partial charge in [-0.3, -0.25) is 0 Å². The van der Waals surface area contributed by atoms with Gasteiger partial charge in [-0.05, 0) is 18.6 Å². The molecule has 1 fully saturated rings. The second kappa shape index (κ2) is 5.95. The lowest BCUT2D eigenvalue weighted by Gasteiger charge is -2.13. The molecule has 0 amide bonds. The van der Waals surface area contributed by atoms with Crippen LogP contribution in [0, 0.1) is 0 Å². The van der Waals surface area contributed by atoms with Crippen molar-refractivity contribution < 1.29 is 13.5 Å². The van der Waals surface area contributed by atoms with Crippen molar-refractivity contribution in [2.24, 2.45) is 0 Å². The van der Waals surface area contributed by atoms with Gasteiger partial charge in [-0.2, -0.15) is 11.8 Å². The van der Waals surface area contributed by atoms with Crippen molar-refractivity contribution in [1.29, 1.82) is 0 Å². The highest BCUT2D eigenvalue weighted by Gasteiger charge is 2.27. The lowest BCUT2D eigenvalue weighted by atomic mass is 10.5. The summed E-state index contributed by atoms with van der Waals surface area (Å²) < 4.78 is 24.3. The number of aliphatic hydroxyl groups is 1. The van der Waals surface area contributed by atoms with E-state index < -0.39 is 10.0 Å². The zero-order valence-corrected chi connectivity index (χ0v) is 9.82. The van der Waals surface area contributed by atoms with Gasteiger partial charge in [0.25, 0.3) is 0 Å². The van der Waals surface area contributed by atoms with Crippen LogP contribution in [0.4, 0.5) is 0 Å². The molecule has 1 saturated heterocycles. The first-order valence-corrected chi connectivity index (χ1v) is 7.59. The molecule has 1 N–H and O–H groups in total. The summed E-state index contributed by atoms with van der Waals surface area (Å²) in [6.45, 7) is 1.52. The molecule has 0 saturated carbocycles. The predicted molar refractivity (Wildman–Crippen MR) is 59.0 cm³/mol. The summed E-state index contributed by atoms with van der Waals surface area (Å²) in [6.07, 6.45) is 1.56. The molecule has 0 atom stereocenters. The third kappa shape index (κ3) is 3.76. The highest BCUT2D eigenvalue weighted by atomic mass is 32.2. The number of rotatable bonds is 6. The van der Waals surface area contributed by atoms with E-state index in [2.05, 4.69) is 0 Å². The number of hydrogen-bond donors (Lipinski definition) is 1. The Bertz CT molecular complexity index is 253. The molecule has 6 heteroatoms. The summed E-state index contributed by atoms with van der Waals surface area (Å²) in [5.74, 6) is 2.05. The van der Waals surface area contributed by atoms with Gasteiger partial charge in [0.2, 0.25) is 10.0 Å². The van der Waals surface area contributed by atoms with Gasteiger partial charge in [0.05, 0.1) is 5.75 Å². The highest BCUT2D eigenvalue weighted by molar-refractivity contribution is 7.99. The van der Waals surface area contributed by atoms with Gasteiger partial charge in [-0.15, -0.1) is 0 Å². The fraction of sp³-hybridized carbons (Fsp3) is 1.00. The fourth-order valence-electron chi connectivity index (χ4n) is 1.38. The summed E-state index contributed by atoms with van der Waals surface area (Å²) in [6, 6.07) is 0. The Morgan fingerprint density at radius 1 is 1.36 bits per heavy atom. The van der Waals surface area contributed by atoms with Gasteiger partial charge in [-0.1, -0.05) is 0 Å². The van der Waals surface area contributed by atoms with Crippen LogP contribution in [0.15, 0.2) is 0 Å². The Morgan fingerprint density at radius 2 is 2.14 bits per heavy atom. The summed E-state index contributed by atoms with van der Waals surface area (Å²) in [5, 5.41) is 8.54. The van der Waals surface area contributed by atoms with Crippen LogP contribution >= 0.6 is 11.8 Å². The maximum Gasteiger partial charge on any atom is 0.214 e. The minimum absolute atomic E-state index is 0.217. The van der Waals surface area contributed by atoms with E-state index in [4.69, 9.17) is 5.11 Å². The van der Waals surface area contributed by atoms with E-state index in [1.54, 1.807) is 16.1 Å². The maximum absolute atomic E-state index is 11.4. The van der Waals surface area contributed by atoms with Crippen LogP contribution in [-0.2, 0) is 10.0 Å². The maximum atomic E-state index is 11.4. The van der Waals surface area contributed by atoms with Gasteiger partial charge < -0.3 is 5.11 Å². The molecule has 1 aliphatic heterocycles. The van der Waals surface area contributed by atoms with Crippen molar-refractivity contribution in [2.75, 3.05) is 37.0 Å². The zero-order valence-electron chi connectivity index (χ0n) is 8.18. The number of thioether (sulfide) groups is 1. The van der Waals surface area contributed by atoms with Gasteiger partial charge in [0.15, 0.2) is 0 Å². The average molecular weight is 239 g/mol. The molecule has 0 aliphatic carbocycles. The van der Waals surface area contributed by atoms with Crippen molar-refractivity contribution >= 4 is 21.8 Å². The van der Waals surface area contributed by atoms with Crippen LogP contribution in [0.1, 0.15) is 12.8 Å². The molecule has 1 heterocycles. The molecule has 1 rings (SSSR count). The van der Waals surface area contributed by atoms with Crippen LogP contribution in [0.3, 0.4) is 0 Å². The molecule has 1 aliphatic rings. The third-order valence-electron chi connectivity index (χ3n) is 2.14. The Kier molecular flexibility index (Phi) is 5.22. The van der Waals surface area contributed by atoms with E-state index in [0.29, 0.717) is 18.8 Å². The number of aliphatic hydroxyl groups excluding tert-OH is 1. The van der Waals surface area contributed by atoms with E-state index in [1.165, 1.54) is 0 Å². The first-order valence-electron chi connectivity index (χ1n) is 4.83. The first kappa shape index (κ1) is 12.3. The van der Waals surface area contributed by atoms with Gasteiger partial charge >= 0.3 is 0 Å². The molecule has 0 aromatic carbocycles. The topological polar surface area (TPSA) is 57.6 Å². The van der Waals surface area contributed by atoms with Crippen LogP contribution < -0.4 is 0 Å². The molecule has 0 radical (unpaired) electrons. The van der Waals surface area contributed by atoms with Crippen LogP contribution in [0.5, 0.6) is 0 Å². The second-order valence-corrected chi connectivity index (χ2v) is 6.57. The lowest BCUT2D eigenvalue weighted by Crippen LogP contribution is -2.28. The van der Waals surface area contributed by atoms with Crippen LogP contribution in [0.2, 0.25) is 0 Å². The van der Waals surface area contributed by atoms with Gasteiger partial charge in [-0.25, -0.2) is 12.7 Å². The summed E-state index contributed by atoms with van der Waals surface area (Å²) >= 11 is 1.70. The van der Waals surface area contributed by atoms with Crippen molar-refractivity contribution in [1.82, 2.24) is 4.31 Å². The zero-order chi connectivity index (χ0) is 10.4. The normalized spacial score (nSPS) is 21.5. The largest absolute Gasteiger partial charge is 0.396 e. The molecular weight excluding hydrogens is 222 g/mol. The Labute approximate surface area is 89.7 Å². The minimum Gasteiger partial charge on any atom is -0.396 e. The van der Waals surface area contributed by atoms with E-state index in [-0.39, 0.29) is 6.61 Å². The van der Waals surface area contributed by atoms with Crippen molar-refractivity contribution in [2.45, 2.75) is 12.8 Å². The molecule has 4 nitrogen and oxygen atoms in total. The Hall–Kier alpha value is 0.220.